The van der Waals surface area contributed by atoms with Crippen LogP contribution in [0.25, 0.3) is 0 Å². The Morgan fingerprint density at radius 2 is 1.05 bits per heavy atom. The lowest BCUT2D eigenvalue weighted by Gasteiger charge is -2.04. The first kappa shape index (κ1) is 17.9. The Hall–Kier alpha value is -1.14. The molecule has 0 radical (unpaired) electrons. The van der Waals surface area contributed by atoms with E-state index in [1.165, 1.54) is 0 Å². The number of rotatable bonds is 12. The number of carbonyl (C=O) groups is 2. The summed E-state index contributed by atoms with van der Waals surface area (Å²) in [5.41, 5.74) is 0. The average Bonchev–Trinajstić information content (AvgIpc) is 2.41. The van der Waals surface area contributed by atoms with Gasteiger partial charge in [0, 0.05) is 12.8 Å². The van der Waals surface area contributed by atoms with Crippen molar-refractivity contribution in [3.05, 3.63) is 0 Å². The monoisotopic (exact) mass is 276 g/mol. The number of aliphatic hydroxyl groups is 2. The van der Waals surface area contributed by atoms with Crippen LogP contribution in [-0.4, -0.2) is 48.6 Å². The lowest BCUT2D eigenvalue weighted by Crippen LogP contribution is -2.08. The van der Waals surface area contributed by atoms with Gasteiger partial charge >= 0.3 is 11.9 Å². The van der Waals surface area contributed by atoms with Crippen LogP contribution in [0.1, 0.15) is 44.9 Å². The zero-order valence-corrected chi connectivity index (χ0v) is 11.3. The first-order valence-corrected chi connectivity index (χ1v) is 6.73. The standard InChI is InChI=1S/C13H24O6/c14-8-10-18-12(16)6-4-2-1-3-5-7-13(17)19-11-9-15/h14-15H,1-11H2. The molecule has 0 bridgehead atoms. The lowest BCUT2D eigenvalue weighted by molar-refractivity contribution is -0.145. The van der Waals surface area contributed by atoms with Crippen LogP contribution in [0.4, 0.5) is 0 Å². The molecule has 6 heteroatoms. The molecule has 0 heterocycles. The number of hydrogen-bond acceptors (Lipinski definition) is 6. The van der Waals surface area contributed by atoms with Crippen LogP contribution in [-0.2, 0) is 19.1 Å². The second kappa shape index (κ2) is 13.3. The topological polar surface area (TPSA) is 93.1 Å². The van der Waals surface area contributed by atoms with E-state index in [9.17, 15) is 9.59 Å². The van der Waals surface area contributed by atoms with Crippen molar-refractivity contribution in [3.63, 3.8) is 0 Å². The molecule has 0 aliphatic heterocycles. The molecule has 2 N–H and O–H groups in total. The Morgan fingerprint density at radius 1 is 0.684 bits per heavy atom. The summed E-state index contributed by atoms with van der Waals surface area (Å²) in [6.45, 7) is -0.153. The predicted octanol–water partition coefficient (Wildman–Crippen LogP) is 0.788. The molecular weight excluding hydrogens is 252 g/mol. The summed E-state index contributed by atoms with van der Waals surface area (Å²) >= 11 is 0. The number of aliphatic hydroxyl groups excluding tert-OH is 2. The zero-order chi connectivity index (χ0) is 14.3. The van der Waals surface area contributed by atoms with Gasteiger partial charge in [0.05, 0.1) is 13.2 Å². The molecule has 0 saturated heterocycles. The molecule has 0 atom stereocenters. The summed E-state index contributed by atoms with van der Waals surface area (Å²) in [4.78, 5) is 22.1. The van der Waals surface area contributed by atoms with Crippen molar-refractivity contribution < 1.29 is 29.3 Å². The van der Waals surface area contributed by atoms with Crippen LogP contribution in [0, 0.1) is 0 Å². The van der Waals surface area contributed by atoms with Gasteiger partial charge in [-0.15, -0.1) is 0 Å². The van der Waals surface area contributed by atoms with E-state index in [1.54, 1.807) is 0 Å². The Morgan fingerprint density at radius 3 is 1.42 bits per heavy atom. The second-order valence-electron chi connectivity index (χ2n) is 4.16. The largest absolute Gasteiger partial charge is 0.463 e. The first-order chi connectivity index (χ1) is 9.20. The minimum absolute atomic E-state index is 0.0643. The van der Waals surface area contributed by atoms with E-state index >= 15 is 0 Å². The predicted molar refractivity (Wildman–Crippen MR) is 68.4 cm³/mol. The van der Waals surface area contributed by atoms with Crippen molar-refractivity contribution in [2.75, 3.05) is 26.4 Å². The average molecular weight is 276 g/mol. The van der Waals surface area contributed by atoms with E-state index < -0.39 is 0 Å². The summed E-state index contributed by atoms with van der Waals surface area (Å²) in [5.74, 6) is -0.553. The van der Waals surface area contributed by atoms with E-state index in [1.807, 2.05) is 0 Å². The van der Waals surface area contributed by atoms with E-state index in [4.69, 9.17) is 19.7 Å². The highest BCUT2D eigenvalue weighted by molar-refractivity contribution is 5.69. The highest BCUT2D eigenvalue weighted by Crippen LogP contribution is 2.08. The van der Waals surface area contributed by atoms with E-state index in [0.29, 0.717) is 12.8 Å². The summed E-state index contributed by atoms with van der Waals surface area (Å²) in [6, 6.07) is 0. The van der Waals surface area contributed by atoms with Crippen LogP contribution in [0.3, 0.4) is 0 Å². The van der Waals surface area contributed by atoms with Crippen molar-refractivity contribution in [1.29, 1.82) is 0 Å². The van der Waals surface area contributed by atoms with Gasteiger partial charge in [-0.05, 0) is 12.8 Å². The number of carbonyl (C=O) groups excluding carboxylic acids is 2. The Kier molecular flexibility index (Phi) is 12.5. The highest BCUT2D eigenvalue weighted by Gasteiger charge is 2.03. The summed E-state index contributed by atoms with van der Waals surface area (Å²) in [5, 5.41) is 16.9. The number of unbranched alkanes of at least 4 members (excludes halogenated alkanes) is 4. The number of esters is 2. The normalized spacial score (nSPS) is 10.2. The molecular formula is C13H24O6. The van der Waals surface area contributed by atoms with Gasteiger partial charge in [0.25, 0.3) is 0 Å². The van der Waals surface area contributed by atoms with Gasteiger partial charge in [0.2, 0.25) is 0 Å². The molecule has 0 saturated carbocycles. The molecule has 112 valence electrons. The zero-order valence-electron chi connectivity index (χ0n) is 11.3. The molecule has 0 aliphatic carbocycles. The molecule has 0 unspecified atom stereocenters. The Labute approximate surface area is 113 Å². The second-order valence-corrected chi connectivity index (χ2v) is 4.16. The maximum absolute atomic E-state index is 11.1. The van der Waals surface area contributed by atoms with Crippen molar-refractivity contribution >= 4 is 11.9 Å². The molecule has 0 fully saturated rings. The molecule has 19 heavy (non-hydrogen) atoms. The van der Waals surface area contributed by atoms with Crippen LogP contribution in [0.15, 0.2) is 0 Å². The molecule has 0 amide bonds. The fraction of sp³-hybridized carbons (Fsp3) is 0.846. The molecule has 0 aliphatic rings. The van der Waals surface area contributed by atoms with Crippen LogP contribution in [0.2, 0.25) is 0 Å². The number of ether oxygens (including phenoxy) is 2. The van der Waals surface area contributed by atoms with Crippen LogP contribution < -0.4 is 0 Å². The quantitative estimate of drug-likeness (QED) is 0.404. The van der Waals surface area contributed by atoms with Gasteiger partial charge in [-0.1, -0.05) is 19.3 Å². The highest BCUT2D eigenvalue weighted by atomic mass is 16.5. The fourth-order valence-electron chi connectivity index (χ4n) is 1.53. The third kappa shape index (κ3) is 13.1. The van der Waals surface area contributed by atoms with E-state index in [2.05, 4.69) is 0 Å². The van der Waals surface area contributed by atoms with Crippen LogP contribution in [0.5, 0.6) is 0 Å². The van der Waals surface area contributed by atoms with Gasteiger partial charge < -0.3 is 19.7 Å². The van der Waals surface area contributed by atoms with Crippen molar-refractivity contribution in [3.8, 4) is 0 Å². The maximum atomic E-state index is 11.1. The van der Waals surface area contributed by atoms with Gasteiger partial charge in [0.1, 0.15) is 13.2 Å². The Balaban J connectivity index is 3.22. The first-order valence-electron chi connectivity index (χ1n) is 6.73. The molecule has 0 aromatic heterocycles. The van der Waals surface area contributed by atoms with Gasteiger partial charge in [0.15, 0.2) is 0 Å². The SMILES string of the molecule is O=C(CCCCCCCC(=O)OCCO)OCCO. The molecule has 6 nitrogen and oxygen atoms in total. The third-order valence-electron chi connectivity index (χ3n) is 2.47. The molecule has 0 spiro atoms. The summed E-state index contributed by atoms with van der Waals surface area (Å²) < 4.78 is 9.43. The number of hydrogen-bond donors (Lipinski definition) is 2. The van der Waals surface area contributed by atoms with E-state index in [-0.39, 0.29) is 38.4 Å². The summed E-state index contributed by atoms with van der Waals surface area (Å²) in [6.07, 6.45) is 5.07. The van der Waals surface area contributed by atoms with Crippen molar-refractivity contribution in [2.24, 2.45) is 0 Å². The van der Waals surface area contributed by atoms with Gasteiger partial charge in [-0.25, -0.2) is 0 Å². The van der Waals surface area contributed by atoms with Crippen molar-refractivity contribution in [1.82, 2.24) is 0 Å². The Bertz CT molecular complexity index is 217. The minimum atomic E-state index is -0.276. The van der Waals surface area contributed by atoms with Gasteiger partial charge in [-0.3, -0.25) is 9.59 Å². The fourth-order valence-corrected chi connectivity index (χ4v) is 1.53. The summed E-state index contributed by atoms with van der Waals surface area (Å²) in [7, 11) is 0. The third-order valence-corrected chi connectivity index (χ3v) is 2.47. The maximum Gasteiger partial charge on any atom is 0.305 e. The molecule has 0 rings (SSSR count). The molecule has 0 aromatic carbocycles. The van der Waals surface area contributed by atoms with E-state index in [0.717, 1.165) is 32.1 Å². The van der Waals surface area contributed by atoms with Crippen LogP contribution >= 0.6 is 0 Å². The minimum Gasteiger partial charge on any atom is -0.463 e. The molecule has 0 aromatic rings. The van der Waals surface area contributed by atoms with Gasteiger partial charge in [-0.2, -0.15) is 0 Å². The lowest BCUT2D eigenvalue weighted by atomic mass is 10.1. The van der Waals surface area contributed by atoms with Crippen molar-refractivity contribution in [2.45, 2.75) is 44.9 Å². The smallest absolute Gasteiger partial charge is 0.305 e.